The van der Waals surface area contributed by atoms with Crippen molar-refractivity contribution in [3.05, 3.63) is 43.1 Å². The molecule has 7 nitrogen and oxygen atoms in total. The summed E-state index contributed by atoms with van der Waals surface area (Å²) in [5.41, 5.74) is 1.19. The zero-order valence-corrected chi connectivity index (χ0v) is 18.0. The number of halogens is 1. The van der Waals surface area contributed by atoms with E-state index in [-0.39, 0.29) is 22.6 Å². The van der Waals surface area contributed by atoms with E-state index in [1.54, 1.807) is 41.6 Å². The number of alkyl halides is 1. The van der Waals surface area contributed by atoms with E-state index in [9.17, 15) is 5.11 Å². The first kappa shape index (κ1) is 19.9. The molecule has 2 saturated carbocycles. The molecule has 0 aliphatic heterocycles. The number of rotatable bonds is 4. The van der Waals surface area contributed by atoms with Gasteiger partial charge in [-0.3, -0.25) is 0 Å². The van der Waals surface area contributed by atoms with Crippen LogP contribution in [0.2, 0.25) is 0 Å². The van der Waals surface area contributed by atoms with E-state index in [1.807, 2.05) is 18.0 Å². The summed E-state index contributed by atoms with van der Waals surface area (Å²) in [5, 5.41) is 19.0. The summed E-state index contributed by atoms with van der Waals surface area (Å²) in [4.78, 5) is 10.3. The Hall–Kier alpha value is -3.03. The molecule has 2 fully saturated rings. The van der Waals surface area contributed by atoms with Crippen LogP contribution in [0, 0.1) is 10.8 Å². The maximum atomic E-state index is 15.4. The van der Waals surface area contributed by atoms with Crippen molar-refractivity contribution in [2.24, 2.45) is 10.8 Å². The molecule has 2 aliphatic rings. The maximum Gasteiger partial charge on any atom is 0.185 e. The Kier molecular flexibility index (Phi) is 4.50. The number of phenols is 1. The Labute approximate surface area is 181 Å². The van der Waals surface area contributed by atoms with Crippen LogP contribution in [0.5, 0.6) is 5.75 Å². The summed E-state index contributed by atoms with van der Waals surface area (Å²) in [7, 11) is 1.87. The first-order valence-corrected chi connectivity index (χ1v) is 10.7. The molecule has 2 heterocycles. The summed E-state index contributed by atoms with van der Waals surface area (Å²) in [5.74, 6) is 0.924. The lowest BCUT2D eigenvalue weighted by molar-refractivity contribution is 0.0380. The molecule has 3 aromatic rings. The van der Waals surface area contributed by atoms with Gasteiger partial charge in [0.1, 0.15) is 11.9 Å². The normalized spacial score (nSPS) is 29.8. The first-order valence-electron chi connectivity index (χ1n) is 10.7. The second kappa shape index (κ2) is 7.00. The average molecular weight is 423 g/mol. The first-order chi connectivity index (χ1) is 14.8. The van der Waals surface area contributed by atoms with Crippen molar-refractivity contribution in [2.45, 2.75) is 51.7 Å². The molecule has 31 heavy (non-hydrogen) atoms. The van der Waals surface area contributed by atoms with E-state index in [2.05, 4.69) is 34.0 Å². The fourth-order valence-electron chi connectivity index (χ4n) is 5.56. The minimum absolute atomic E-state index is 0.0580. The van der Waals surface area contributed by atoms with E-state index < -0.39 is 6.17 Å². The third-order valence-electron chi connectivity index (χ3n) is 7.27. The number of nitrogens with zero attached hydrogens (tertiary/aromatic N) is 6. The van der Waals surface area contributed by atoms with Crippen molar-refractivity contribution in [3.63, 3.8) is 0 Å². The fraction of sp³-hybridized carbons (Fsp3) is 0.478. The number of benzene rings is 1. The summed E-state index contributed by atoms with van der Waals surface area (Å²) >= 11 is 0. The molecule has 2 aromatic heterocycles. The topological polar surface area (TPSA) is 80.0 Å². The molecule has 2 aliphatic carbocycles. The van der Waals surface area contributed by atoms with Gasteiger partial charge in [-0.2, -0.15) is 0 Å². The molecule has 4 atom stereocenters. The zero-order chi connectivity index (χ0) is 21.8. The van der Waals surface area contributed by atoms with Crippen LogP contribution < -0.4 is 4.90 Å². The molecule has 0 unspecified atom stereocenters. The molecule has 0 amide bonds. The van der Waals surface area contributed by atoms with Gasteiger partial charge in [-0.15, -0.1) is 10.2 Å². The van der Waals surface area contributed by atoms with Crippen LogP contribution in [0.4, 0.5) is 10.2 Å². The number of aromatic hydroxyl groups is 1. The van der Waals surface area contributed by atoms with Gasteiger partial charge in [0.25, 0.3) is 0 Å². The molecule has 8 heteroatoms. The largest absolute Gasteiger partial charge is 0.507 e. The molecule has 0 saturated heterocycles. The Morgan fingerprint density at radius 3 is 2.74 bits per heavy atom. The smallest absolute Gasteiger partial charge is 0.185 e. The summed E-state index contributed by atoms with van der Waals surface area (Å²) in [6.45, 7) is 4.35. The minimum atomic E-state index is -0.908. The van der Waals surface area contributed by atoms with Crippen molar-refractivity contribution in [1.29, 1.82) is 0 Å². The van der Waals surface area contributed by atoms with E-state index in [0.29, 0.717) is 17.2 Å². The maximum absolute atomic E-state index is 15.4. The van der Waals surface area contributed by atoms with Crippen LogP contribution in [-0.4, -0.2) is 49.1 Å². The molecule has 5 rings (SSSR count). The summed E-state index contributed by atoms with van der Waals surface area (Å²) < 4.78 is 17.2. The minimum Gasteiger partial charge on any atom is -0.507 e. The highest BCUT2D eigenvalue weighted by molar-refractivity contribution is 5.66. The van der Waals surface area contributed by atoms with Crippen molar-refractivity contribution in [1.82, 2.24) is 24.7 Å². The van der Waals surface area contributed by atoms with Gasteiger partial charge in [-0.1, -0.05) is 13.8 Å². The Balaban J connectivity index is 1.38. The number of aromatic nitrogens is 5. The van der Waals surface area contributed by atoms with Crippen molar-refractivity contribution in [3.8, 4) is 22.8 Å². The second-order valence-electron chi connectivity index (χ2n) is 9.74. The molecule has 0 spiro atoms. The third-order valence-corrected chi connectivity index (χ3v) is 7.27. The van der Waals surface area contributed by atoms with Gasteiger partial charge in [0, 0.05) is 30.9 Å². The Morgan fingerprint density at radius 1 is 1.23 bits per heavy atom. The second-order valence-corrected chi connectivity index (χ2v) is 9.74. The van der Waals surface area contributed by atoms with Gasteiger partial charge >= 0.3 is 0 Å². The van der Waals surface area contributed by atoms with Crippen LogP contribution >= 0.6 is 0 Å². The monoisotopic (exact) mass is 422 g/mol. The number of anilines is 1. The van der Waals surface area contributed by atoms with E-state index in [4.69, 9.17) is 0 Å². The van der Waals surface area contributed by atoms with Crippen LogP contribution in [-0.2, 0) is 0 Å². The van der Waals surface area contributed by atoms with Crippen molar-refractivity contribution in [2.75, 3.05) is 11.9 Å². The lowest BCUT2D eigenvalue weighted by atomic mass is 9.67. The van der Waals surface area contributed by atoms with E-state index >= 15 is 4.39 Å². The lowest BCUT2D eigenvalue weighted by Crippen LogP contribution is -2.52. The highest BCUT2D eigenvalue weighted by Crippen LogP contribution is 2.59. The van der Waals surface area contributed by atoms with Crippen LogP contribution in [0.15, 0.2) is 43.1 Å². The number of hydrogen-bond donors (Lipinski definition) is 1. The van der Waals surface area contributed by atoms with Gasteiger partial charge in [-0.05, 0) is 43.2 Å². The van der Waals surface area contributed by atoms with Gasteiger partial charge in [0.2, 0.25) is 0 Å². The zero-order valence-electron chi connectivity index (χ0n) is 18.0. The standard InChI is InChI=1S/C23H27FN6O/c1-22-6-7-23(2,13-22)20(24)17(11-22)29(3)19-12-26-21(28-27-19)16-5-4-15(10-18(16)31)30-9-8-25-14-30/h4-5,8-10,12,14,17,20,31H,6-7,11,13H2,1-3H3/t17-,20-,22-,23-/m1/s1. The lowest BCUT2D eigenvalue weighted by Gasteiger charge is -2.46. The predicted octanol–water partition coefficient (Wildman–Crippen LogP) is 4.17. The van der Waals surface area contributed by atoms with Gasteiger partial charge < -0.3 is 14.6 Å². The summed E-state index contributed by atoms with van der Waals surface area (Å²) in [6.07, 6.45) is 9.60. The highest BCUT2D eigenvalue weighted by Gasteiger charge is 2.56. The van der Waals surface area contributed by atoms with E-state index in [0.717, 1.165) is 31.4 Å². The molecule has 2 bridgehead atoms. The third kappa shape index (κ3) is 3.34. The highest BCUT2D eigenvalue weighted by atomic mass is 19.1. The quantitative estimate of drug-likeness (QED) is 0.680. The number of hydrogen-bond acceptors (Lipinski definition) is 6. The molecule has 0 radical (unpaired) electrons. The molecule has 162 valence electrons. The van der Waals surface area contributed by atoms with Crippen molar-refractivity contribution >= 4 is 5.82 Å². The molecular weight excluding hydrogens is 395 g/mol. The fourth-order valence-corrected chi connectivity index (χ4v) is 5.56. The van der Waals surface area contributed by atoms with Gasteiger partial charge in [0.15, 0.2) is 11.6 Å². The SMILES string of the molecule is CN(c1cnc(-c2ccc(-n3ccnc3)cc2O)nn1)[C@@H]1C[C@@]2(C)CC[C@](C)(C2)[C@@H]1F. The molecular formula is C23H27FN6O. The Morgan fingerprint density at radius 2 is 2.06 bits per heavy atom. The number of imidazole rings is 1. The predicted molar refractivity (Wildman–Crippen MR) is 116 cm³/mol. The summed E-state index contributed by atoms with van der Waals surface area (Å²) in [6, 6.07) is 5.00. The van der Waals surface area contributed by atoms with Crippen LogP contribution in [0.25, 0.3) is 17.1 Å². The molecule has 1 N–H and O–H groups in total. The van der Waals surface area contributed by atoms with Gasteiger partial charge in [-0.25, -0.2) is 14.4 Å². The van der Waals surface area contributed by atoms with E-state index in [1.165, 1.54) is 0 Å². The molecule has 1 aromatic carbocycles. The van der Waals surface area contributed by atoms with Gasteiger partial charge in [0.05, 0.1) is 29.8 Å². The number of phenolic OH excluding ortho intramolecular Hbond substituents is 1. The Bertz CT molecular complexity index is 1090. The van der Waals surface area contributed by atoms with Crippen molar-refractivity contribution < 1.29 is 9.50 Å². The average Bonchev–Trinajstić information content (AvgIpc) is 3.38. The van der Waals surface area contributed by atoms with Crippen LogP contribution in [0.3, 0.4) is 0 Å². The number of fused-ring (bicyclic) bond motifs is 2. The van der Waals surface area contributed by atoms with Crippen LogP contribution in [0.1, 0.15) is 39.5 Å².